The topological polar surface area (TPSA) is 33.1 Å². The van der Waals surface area contributed by atoms with Crippen molar-refractivity contribution in [1.82, 2.24) is 0 Å². The van der Waals surface area contributed by atoms with Crippen LogP contribution in [0.4, 0.5) is 0 Å². The average Bonchev–Trinajstić information content (AvgIpc) is 2.03. The maximum absolute atomic E-state index is 7.32. The molecule has 0 aliphatic carbocycles. The Hall–Kier alpha value is -1.31. The van der Waals surface area contributed by atoms with E-state index in [0.717, 1.165) is 12.8 Å². The van der Waals surface area contributed by atoms with Crippen LogP contribution in [0.25, 0.3) is 0 Å². The zero-order valence-electron chi connectivity index (χ0n) is 7.47. The van der Waals surface area contributed by atoms with E-state index in [1.54, 1.807) is 6.92 Å². The molecule has 0 aromatic heterocycles. The van der Waals surface area contributed by atoms with E-state index in [1.807, 2.05) is 12.2 Å². The first-order valence-corrected chi connectivity index (χ1v) is 3.86. The molecule has 0 aromatic carbocycles. The summed E-state index contributed by atoms with van der Waals surface area (Å²) >= 11 is 0. The van der Waals surface area contributed by atoms with Crippen LogP contribution in [-0.2, 0) is 4.74 Å². The molecular weight excluding hydrogens is 150 g/mol. The van der Waals surface area contributed by atoms with Crippen molar-refractivity contribution in [2.75, 3.05) is 0 Å². The van der Waals surface area contributed by atoms with Gasteiger partial charge in [0.25, 0.3) is 0 Å². The lowest BCUT2D eigenvalue weighted by Gasteiger charge is -2.02. The van der Waals surface area contributed by atoms with Gasteiger partial charge < -0.3 is 10.1 Å². The third kappa shape index (κ3) is 4.50. The van der Waals surface area contributed by atoms with Crippen molar-refractivity contribution < 1.29 is 4.74 Å². The Bertz CT molecular complexity index is 204. The zero-order valence-corrected chi connectivity index (χ0v) is 7.47. The van der Waals surface area contributed by atoms with Gasteiger partial charge in [-0.1, -0.05) is 12.7 Å². The third-order valence-corrected chi connectivity index (χ3v) is 1.28. The summed E-state index contributed by atoms with van der Waals surface area (Å²) in [4.78, 5) is 0. The highest BCUT2D eigenvalue weighted by Crippen LogP contribution is 2.03. The summed E-state index contributed by atoms with van der Waals surface area (Å²) in [6.45, 7) is 8.72. The lowest BCUT2D eigenvalue weighted by atomic mass is 10.2. The molecule has 0 spiro atoms. The van der Waals surface area contributed by atoms with E-state index in [1.165, 1.54) is 6.26 Å². The van der Waals surface area contributed by atoms with Crippen LogP contribution < -0.4 is 0 Å². The number of unbranched alkanes of at least 4 members (excludes halogenated alkanes) is 1. The van der Waals surface area contributed by atoms with Crippen molar-refractivity contribution in [2.45, 2.75) is 19.8 Å². The fourth-order valence-electron chi connectivity index (χ4n) is 0.712. The van der Waals surface area contributed by atoms with Crippen LogP contribution in [0.2, 0.25) is 0 Å². The van der Waals surface area contributed by atoms with E-state index < -0.39 is 0 Å². The third-order valence-electron chi connectivity index (χ3n) is 1.28. The summed E-state index contributed by atoms with van der Waals surface area (Å²) in [7, 11) is 0. The van der Waals surface area contributed by atoms with E-state index in [2.05, 4.69) is 13.2 Å². The van der Waals surface area contributed by atoms with Gasteiger partial charge in [0.2, 0.25) is 0 Å². The van der Waals surface area contributed by atoms with Gasteiger partial charge in [-0.2, -0.15) is 0 Å². The molecule has 0 radical (unpaired) electrons. The van der Waals surface area contributed by atoms with Gasteiger partial charge in [0.15, 0.2) is 0 Å². The predicted molar refractivity (Wildman–Crippen MR) is 52.2 cm³/mol. The van der Waals surface area contributed by atoms with Gasteiger partial charge >= 0.3 is 0 Å². The Morgan fingerprint density at radius 3 is 2.50 bits per heavy atom. The summed E-state index contributed by atoms with van der Waals surface area (Å²) < 4.78 is 5.02. The quantitative estimate of drug-likeness (QED) is 0.279. The van der Waals surface area contributed by atoms with E-state index >= 15 is 0 Å². The first-order valence-electron chi connectivity index (χ1n) is 3.86. The Labute approximate surface area is 73.8 Å². The molecule has 0 fully saturated rings. The Kier molecular flexibility index (Phi) is 5.70. The lowest BCUT2D eigenvalue weighted by molar-refractivity contribution is 0.376. The number of rotatable bonds is 6. The van der Waals surface area contributed by atoms with Gasteiger partial charge in [-0.05, 0) is 25.8 Å². The van der Waals surface area contributed by atoms with Crippen LogP contribution in [0.15, 0.2) is 37.3 Å². The minimum Gasteiger partial charge on any atom is -0.464 e. The molecule has 0 saturated heterocycles. The Balaban J connectivity index is 4.07. The predicted octanol–water partition coefficient (Wildman–Crippen LogP) is 3.04. The molecule has 0 heterocycles. The highest BCUT2D eigenvalue weighted by atomic mass is 16.5. The molecule has 12 heavy (non-hydrogen) atoms. The van der Waals surface area contributed by atoms with Crippen molar-refractivity contribution in [3.8, 4) is 0 Å². The van der Waals surface area contributed by atoms with Crippen LogP contribution in [0.3, 0.4) is 0 Å². The molecule has 0 bridgehead atoms. The molecule has 1 N–H and O–H groups in total. The molecule has 0 unspecified atom stereocenters. The molecule has 2 heteroatoms. The number of nitrogens with one attached hydrogen (secondary N) is 1. The SMILES string of the molecule is C=CCC/C=C(/OC=C)C(C)=N. The first-order chi connectivity index (χ1) is 5.72. The molecule has 2 nitrogen and oxygen atoms in total. The molecule has 66 valence electrons. The standard InChI is InChI=1S/C10H15NO/c1-4-6-7-8-10(9(3)11)12-5-2/h4-5,8,11H,1-2,6-7H2,3H3/b10-8+,11-9?. The number of hydrogen-bond donors (Lipinski definition) is 1. The van der Waals surface area contributed by atoms with Crippen molar-refractivity contribution in [2.24, 2.45) is 0 Å². The van der Waals surface area contributed by atoms with Gasteiger partial charge in [0, 0.05) is 0 Å². The summed E-state index contributed by atoms with van der Waals surface area (Å²) in [5.74, 6) is 0.576. The van der Waals surface area contributed by atoms with Crippen LogP contribution in [0, 0.1) is 5.41 Å². The maximum atomic E-state index is 7.32. The summed E-state index contributed by atoms with van der Waals surface area (Å²) in [6, 6.07) is 0. The summed E-state index contributed by atoms with van der Waals surface area (Å²) in [5.41, 5.74) is 0.416. The van der Waals surface area contributed by atoms with Crippen molar-refractivity contribution in [1.29, 1.82) is 5.41 Å². The van der Waals surface area contributed by atoms with Crippen molar-refractivity contribution >= 4 is 5.71 Å². The highest BCUT2D eigenvalue weighted by molar-refractivity contribution is 5.93. The molecule has 0 saturated carbocycles. The second kappa shape index (κ2) is 6.40. The number of ether oxygens (including phenoxy) is 1. The van der Waals surface area contributed by atoms with Gasteiger partial charge in [-0.25, -0.2) is 0 Å². The van der Waals surface area contributed by atoms with Crippen LogP contribution >= 0.6 is 0 Å². The van der Waals surface area contributed by atoms with Gasteiger partial charge in [-0.15, -0.1) is 6.58 Å². The monoisotopic (exact) mass is 165 g/mol. The van der Waals surface area contributed by atoms with Crippen LogP contribution in [0.1, 0.15) is 19.8 Å². The van der Waals surface area contributed by atoms with Gasteiger partial charge in [0.1, 0.15) is 5.76 Å². The van der Waals surface area contributed by atoms with Crippen LogP contribution in [-0.4, -0.2) is 5.71 Å². The van der Waals surface area contributed by atoms with Crippen LogP contribution in [0.5, 0.6) is 0 Å². The van der Waals surface area contributed by atoms with Crippen molar-refractivity contribution in [3.05, 3.63) is 37.3 Å². The largest absolute Gasteiger partial charge is 0.464 e. The molecule has 0 rings (SSSR count). The summed E-state index contributed by atoms with van der Waals surface area (Å²) in [5, 5.41) is 7.32. The maximum Gasteiger partial charge on any atom is 0.142 e. The fraction of sp³-hybridized carbons (Fsp3) is 0.300. The second-order valence-corrected chi connectivity index (χ2v) is 2.34. The average molecular weight is 165 g/mol. The number of allylic oxidation sites excluding steroid dienone is 3. The molecule has 0 atom stereocenters. The minimum absolute atomic E-state index is 0.416. The number of hydrogen-bond acceptors (Lipinski definition) is 2. The lowest BCUT2D eigenvalue weighted by Crippen LogP contribution is -1.96. The molecule has 0 amide bonds. The molecule has 0 aliphatic rings. The minimum atomic E-state index is 0.416. The molecular formula is C10H15NO. The normalized spacial score (nSPS) is 10.6. The van der Waals surface area contributed by atoms with E-state index in [4.69, 9.17) is 10.1 Å². The van der Waals surface area contributed by atoms with Gasteiger partial charge in [0.05, 0.1) is 12.0 Å². The highest BCUT2D eigenvalue weighted by Gasteiger charge is 1.97. The Morgan fingerprint density at radius 1 is 1.42 bits per heavy atom. The fourth-order valence-corrected chi connectivity index (χ4v) is 0.712. The van der Waals surface area contributed by atoms with E-state index in [9.17, 15) is 0 Å². The second-order valence-electron chi connectivity index (χ2n) is 2.34. The first kappa shape index (κ1) is 10.7. The Morgan fingerprint density at radius 2 is 2.08 bits per heavy atom. The summed E-state index contributed by atoms with van der Waals surface area (Å²) in [6.07, 6.45) is 6.78. The molecule has 0 aliphatic heterocycles. The van der Waals surface area contributed by atoms with Crippen molar-refractivity contribution in [3.63, 3.8) is 0 Å². The van der Waals surface area contributed by atoms with E-state index in [-0.39, 0.29) is 0 Å². The van der Waals surface area contributed by atoms with E-state index in [0.29, 0.717) is 11.5 Å². The smallest absolute Gasteiger partial charge is 0.142 e. The van der Waals surface area contributed by atoms with Gasteiger partial charge in [-0.3, -0.25) is 0 Å². The zero-order chi connectivity index (χ0) is 9.40. The molecule has 0 aromatic rings.